The van der Waals surface area contributed by atoms with E-state index in [9.17, 15) is 9.59 Å². The van der Waals surface area contributed by atoms with Gasteiger partial charge in [-0.2, -0.15) is 0 Å². The van der Waals surface area contributed by atoms with Crippen LogP contribution in [0.4, 0.5) is 46.0 Å². The molecule has 0 saturated carbocycles. The highest BCUT2D eigenvalue weighted by Crippen LogP contribution is 2.43. The third-order valence-electron chi connectivity index (χ3n) is 16.8. The second-order valence-corrected chi connectivity index (χ2v) is 22.3. The van der Waals surface area contributed by atoms with Crippen LogP contribution < -0.4 is 42.2 Å². The molecule has 418 valence electrons. The molecular formula is C59H73N17O4. The van der Waals surface area contributed by atoms with E-state index in [4.69, 9.17) is 35.1 Å². The van der Waals surface area contributed by atoms with E-state index in [0.29, 0.717) is 110 Å². The van der Waals surface area contributed by atoms with Crippen LogP contribution in [0.15, 0.2) is 97.3 Å². The molecule has 7 N–H and O–H groups in total. The van der Waals surface area contributed by atoms with Crippen molar-refractivity contribution in [2.24, 2.45) is 11.1 Å². The SMILES string of the molecule is CN1CCC2(CC1)CN(C1CCN(c3ccc(Nc4nc(NC5CCOCC5)c(-c5ccccn5)nc4C(=O)NN4CCN(c5ccc(Nc6nc(NC7CCOCC7)c(-c7ccccn7)nc6C(N)=O)cc5)CC4)cc3)CC1)C2. The van der Waals surface area contributed by atoms with Crippen molar-refractivity contribution in [1.82, 2.24) is 50.1 Å². The van der Waals surface area contributed by atoms with Gasteiger partial charge in [0.2, 0.25) is 0 Å². The number of rotatable bonds is 16. The van der Waals surface area contributed by atoms with Crippen molar-refractivity contribution in [1.29, 1.82) is 0 Å². The van der Waals surface area contributed by atoms with Gasteiger partial charge < -0.3 is 51.2 Å². The number of pyridine rings is 2. The first kappa shape index (κ1) is 53.1. The molecule has 21 nitrogen and oxygen atoms in total. The molecule has 0 aliphatic carbocycles. The van der Waals surface area contributed by atoms with Crippen LogP contribution in [0.25, 0.3) is 22.8 Å². The monoisotopic (exact) mass is 1080 g/mol. The summed E-state index contributed by atoms with van der Waals surface area (Å²) in [4.78, 5) is 66.5. The van der Waals surface area contributed by atoms with E-state index in [1.54, 1.807) is 12.4 Å². The summed E-state index contributed by atoms with van der Waals surface area (Å²) in [7, 11) is 2.25. The number of anilines is 8. The summed E-state index contributed by atoms with van der Waals surface area (Å²) in [6.45, 7) is 12.0. The molecular weight excluding hydrogens is 1010 g/mol. The number of benzene rings is 2. The minimum atomic E-state index is -0.710. The zero-order chi connectivity index (χ0) is 54.4. The van der Waals surface area contributed by atoms with E-state index in [2.05, 4.69) is 87.6 Å². The predicted molar refractivity (Wildman–Crippen MR) is 311 cm³/mol. The predicted octanol–water partition coefficient (Wildman–Crippen LogP) is 6.62. The van der Waals surface area contributed by atoms with Crippen LogP contribution >= 0.6 is 0 Å². The molecule has 6 saturated heterocycles. The van der Waals surface area contributed by atoms with E-state index in [1.165, 1.54) is 57.5 Å². The highest BCUT2D eigenvalue weighted by atomic mass is 16.5. The molecule has 6 aliphatic heterocycles. The van der Waals surface area contributed by atoms with Gasteiger partial charge in [-0.1, -0.05) is 12.1 Å². The van der Waals surface area contributed by atoms with Crippen LogP contribution in [-0.2, 0) is 9.47 Å². The smallest absolute Gasteiger partial charge is 0.288 e. The summed E-state index contributed by atoms with van der Waals surface area (Å²) < 4.78 is 11.3. The normalized spacial score (nSPS) is 19.8. The Bertz CT molecular complexity index is 3060. The van der Waals surface area contributed by atoms with Gasteiger partial charge in [0.15, 0.2) is 34.7 Å². The molecule has 4 aromatic heterocycles. The number of hydrogen-bond donors (Lipinski definition) is 6. The Labute approximate surface area is 467 Å². The van der Waals surface area contributed by atoms with E-state index >= 15 is 0 Å². The van der Waals surface area contributed by atoms with Crippen molar-refractivity contribution >= 4 is 57.8 Å². The zero-order valence-electron chi connectivity index (χ0n) is 45.7. The number of hydrazine groups is 1. The van der Waals surface area contributed by atoms with Gasteiger partial charge in [0, 0.05) is 132 Å². The molecule has 12 rings (SSSR count). The molecule has 0 bridgehead atoms. The van der Waals surface area contributed by atoms with Gasteiger partial charge in [0.25, 0.3) is 11.8 Å². The Morgan fingerprint density at radius 1 is 0.562 bits per heavy atom. The van der Waals surface area contributed by atoms with E-state index in [1.807, 2.05) is 65.7 Å². The van der Waals surface area contributed by atoms with Gasteiger partial charge in [-0.05, 0) is 150 Å². The standard InChI is InChI=1S/C59H73N17O4/c1-72-28-22-59(23-29-72)38-75(39-59)46-16-26-73(27-17-46)44-12-8-41(9-13-44)64-57-52(68-50(48-7-3-5-25-62-48)55(70-57)66-43-20-36-80-37-21-43)58(78)71-76-32-30-74(31-33-76)45-14-10-40(11-15-45)63-56-51(53(60)77)67-49(47-6-2-4-24-61-47)54(69-56)65-42-18-34-79-35-19-42/h2-15,24-25,42-43,46H,16-23,26-39H2,1H3,(H2,60,77)(H,71,78)(H2,63,65,69)(H2,64,66,70). The highest BCUT2D eigenvalue weighted by Gasteiger charge is 2.47. The summed E-state index contributed by atoms with van der Waals surface area (Å²) in [6, 6.07) is 28.5. The van der Waals surface area contributed by atoms with Gasteiger partial charge in [-0.15, -0.1) is 0 Å². The number of primary amides is 1. The van der Waals surface area contributed by atoms with E-state index < -0.39 is 5.91 Å². The second-order valence-electron chi connectivity index (χ2n) is 22.3. The molecule has 1 spiro atoms. The van der Waals surface area contributed by atoms with Gasteiger partial charge in [0.1, 0.15) is 11.4 Å². The Balaban J connectivity index is 0.719. The lowest BCUT2D eigenvalue weighted by Gasteiger charge is -2.57. The fourth-order valence-corrected chi connectivity index (χ4v) is 12.0. The number of nitrogens with two attached hydrogens (primary N) is 1. The number of carbonyl (C=O) groups is 2. The minimum Gasteiger partial charge on any atom is -0.381 e. The molecule has 0 atom stereocenters. The molecule has 6 aromatic rings. The van der Waals surface area contributed by atoms with Crippen LogP contribution in [0.1, 0.15) is 72.3 Å². The van der Waals surface area contributed by atoms with E-state index in [-0.39, 0.29) is 35.2 Å². The maximum atomic E-state index is 14.7. The van der Waals surface area contributed by atoms with Crippen molar-refractivity contribution in [2.45, 2.75) is 69.5 Å². The summed E-state index contributed by atoms with van der Waals surface area (Å²) in [6.07, 6.45) is 11.7. The largest absolute Gasteiger partial charge is 0.381 e. The first-order chi connectivity index (χ1) is 39.2. The van der Waals surface area contributed by atoms with Crippen molar-refractivity contribution in [3.63, 3.8) is 0 Å². The molecule has 6 aliphatic rings. The van der Waals surface area contributed by atoms with Crippen LogP contribution in [0.5, 0.6) is 0 Å². The van der Waals surface area contributed by atoms with Crippen LogP contribution in [0.3, 0.4) is 0 Å². The Kier molecular flexibility index (Phi) is 16.0. The lowest BCUT2D eigenvalue weighted by molar-refractivity contribution is -0.0704. The third-order valence-corrected chi connectivity index (χ3v) is 16.8. The van der Waals surface area contributed by atoms with Crippen molar-refractivity contribution in [3.05, 3.63) is 109 Å². The fraction of sp³-hybridized carbons (Fsp3) is 0.458. The maximum Gasteiger partial charge on any atom is 0.288 e. The minimum absolute atomic E-state index is 0.00717. The van der Waals surface area contributed by atoms with Gasteiger partial charge in [-0.25, -0.2) is 24.9 Å². The number of piperazine rings is 1. The lowest BCUT2D eigenvalue weighted by Crippen LogP contribution is -2.63. The van der Waals surface area contributed by atoms with Crippen LogP contribution in [0, 0.1) is 5.41 Å². The number of nitrogens with zero attached hydrogens (tertiary/aromatic N) is 11. The fourth-order valence-electron chi connectivity index (χ4n) is 12.0. The summed E-state index contributed by atoms with van der Waals surface area (Å²) in [5.74, 6) is 0.564. The summed E-state index contributed by atoms with van der Waals surface area (Å²) in [5.41, 5.74) is 15.6. The number of carbonyl (C=O) groups excluding carboxylic acids is 2. The molecule has 0 radical (unpaired) electrons. The van der Waals surface area contributed by atoms with Crippen LogP contribution in [-0.4, -0.2) is 174 Å². The lowest BCUT2D eigenvalue weighted by atomic mass is 9.71. The number of likely N-dealkylation sites (tertiary alicyclic amines) is 2. The van der Waals surface area contributed by atoms with Crippen molar-refractivity contribution < 1.29 is 19.1 Å². The molecule has 2 aromatic carbocycles. The molecule has 0 unspecified atom stereocenters. The highest BCUT2D eigenvalue weighted by molar-refractivity contribution is 5.99. The number of hydrogen-bond acceptors (Lipinski definition) is 19. The quantitative estimate of drug-likeness (QED) is 0.0598. The summed E-state index contributed by atoms with van der Waals surface area (Å²) in [5, 5.41) is 15.9. The average molecular weight is 1080 g/mol. The number of ether oxygens (including phenoxy) is 2. The molecule has 80 heavy (non-hydrogen) atoms. The molecule has 2 amide bonds. The Hall–Kier alpha value is -7.56. The van der Waals surface area contributed by atoms with E-state index in [0.717, 1.165) is 50.1 Å². The number of aromatic nitrogens is 6. The van der Waals surface area contributed by atoms with Crippen molar-refractivity contribution in [2.75, 3.05) is 130 Å². The first-order valence-electron chi connectivity index (χ1n) is 28.6. The second kappa shape index (κ2) is 24.0. The number of amides is 2. The Morgan fingerprint density at radius 2 is 1.05 bits per heavy atom. The van der Waals surface area contributed by atoms with Gasteiger partial charge in [0.05, 0.1) is 11.4 Å². The zero-order valence-corrected chi connectivity index (χ0v) is 45.7. The van der Waals surface area contributed by atoms with Gasteiger partial charge in [-0.3, -0.25) is 29.9 Å². The first-order valence-corrected chi connectivity index (χ1v) is 28.6. The maximum absolute atomic E-state index is 14.7. The average Bonchev–Trinajstić information content (AvgIpc) is 3.49. The molecule has 21 heteroatoms. The number of nitrogens with one attached hydrogen (secondary N) is 5. The molecule has 6 fully saturated rings. The van der Waals surface area contributed by atoms with Crippen LogP contribution in [0.2, 0.25) is 0 Å². The Morgan fingerprint density at radius 3 is 1.54 bits per heavy atom. The van der Waals surface area contributed by atoms with Gasteiger partial charge >= 0.3 is 0 Å². The van der Waals surface area contributed by atoms with Crippen molar-refractivity contribution in [3.8, 4) is 22.8 Å². The third kappa shape index (κ3) is 12.3. The summed E-state index contributed by atoms with van der Waals surface area (Å²) >= 11 is 0. The number of piperidine rings is 2. The topological polar surface area (TPSA) is 232 Å². The molecule has 10 heterocycles.